The Balaban J connectivity index is 1.89. The van der Waals surface area contributed by atoms with E-state index < -0.39 is 5.82 Å². The first-order valence-corrected chi connectivity index (χ1v) is 8.93. The number of aryl methyl sites for hydroxylation is 1. The van der Waals surface area contributed by atoms with E-state index in [0.717, 1.165) is 17.8 Å². The maximum Gasteiger partial charge on any atom is 0.256 e. The number of aromatic amines is 1. The van der Waals surface area contributed by atoms with Crippen molar-refractivity contribution in [2.45, 2.75) is 20.8 Å². The number of nitrogens with one attached hydrogen (secondary N) is 4. The normalized spacial score (nSPS) is 14.4. The van der Waals surface area contributed by atoms with E-state index in [-0.39, 0.29) is 11.8 Å². The molecule has 1 aliphatic rings. The highest BCUT2D eigenvalue weighted by Gasteiger charge is 2.26. The molecule has 0 spiro atoms. The van der Waals surface area contributed by atoms with Crippen LogP contribution in [0.5, 0.6) is 0 Å². The highest BCUT2D eigenvalue weighted by molar-refractivity contribution is 6.34. The molecule has 0 fully saturated rings. The number of fused-ring (bicyclic) bond motifs is 1. The lowest BCUT2D eigenvalue weighted by Crippen LogP contribution is -2.32. The summed E-state index contributed by atoms with van der Waals surface area (Å²) in [6.45, 7) is 7.72. The summed E-state index contributed by atoms with van der Waals surface area (Å²) in [4.78, 5) is 27.9. The fourth-order valence-corrected chi connectivity index (χ4v) is 3.24. The summed E-state index contributed by atoms with van der Waals surface area (Å²) in [6.07, 6.45) is 1.67. The van der Waals surface area contributed by atoms with Gasteiger partial charge in [0.25, 0.3) is 11.8 Å². The molecule has 7 heteroatoms. The Bertz CT molecular complexity index is 930. The molecular weight excluding hydrogens is 348 g/mol. The molecule has 0 saturated heterocycles. The highest BCUT2D eigenvalue weighted by Crippen LogP contribution is 2.34. The minimum Gasteiger partial charge on any atom is -0.358 e. The molecule has 1 aromatic heterocycles. The van der Waals surface area contributed by atoms with E-state index in [4.69, 9.17) is 0 Å². The number of amides is 2. The van der Waals surface area contributed by atoms with Gasteiger partial charge in [-0.1, -0.05) is 6.92 Å². The average Bonchev–Trinajstić information content (AvgIpc) is 3.08. The van der Waals surface area contributed by atoms with Crippen LogP contribution in [0, 0.1) is 19.7 Å². The predicted molar refractivity (Wildman–Crippen MR) is 104 cm³/mol. The van der Waals surface area contributed by atoms with Crippen molar-refractivity contribution < 1.29 is 14.0 Å². The molecule has 27 heavy (non-hydrogen) atoms. The first kappa shape index (κ1) is 18.8. The predicted octanol–water partition coefficient (Wildman–Crippen LogP) is 2.60. The van der Waals surface area contributed by atoms with Crippen LogP contribution < -0.4 is 16.0 Å². The summed E-state index contributed by atoms with van der Waals surface area (Å²) in [5.74, 6) is -0.860. The lowest BCUT2D eigenvalue weighted by molar-refractivity contribution is -0.110. The summed E-state index contributed by atoms with van der Waals surface area (Å²) in [5, 5.41) is 8.76. The Hall–Kier alpha value is -2.93. The van der Waals surface area contributed by atoms with Crippen LogP contribution in [0.25, 0.3) is 11.6 Å². The van der Waals surface area contributed by atoms with Crippen LogP contribution in [-0.2, 0) is 4.79 Å². The van der Waals surface area contributed by atoms with E-state index in [1.165, 1.54) is 12.1 Å². The summed E-state index contributed by atoms with van der Waals surface area (Å²) in [7, 11) is 0. The molecule has 0 radical (unpaired) electrons. The quantitative estimate of drug-likeness (QED) is 0.358. The lowest BCUT2D eigenvalue weighted by Gasteiger charge is -2.06. The second-order valence-electron chi connectivity index (χ2n) is 6.48. The van der Waals surface area contributed by atoms with Crippen LogP contribution >= 0.6 is 0 Å². The maximum atomic E-state index is 13.6. The average molecular weight is 371 g/mol. The Kier molecular flexibility index (Phi) is 5.41. The van der Waals surface area contributed by atoms with E-state index in [1.807, 2.05) is 20.8 Å². The first-order valence-electron chi connectivity index (χ1n) is 8.93. The molecule has 1 aliphatic heterocycles. The molecule has 142 valence electrons. The zero-order chi connectivity index (χ0) is 19.6. The molecule has 3 rings (SSSR count). The van der Waals surface area contributed by atoms with E-state index in [0.29, 0.717) is 41.2 Å². The second-order valence-corrected chi connectivity index (χ2v) is 6.48. The Morgan fingerprint density at radius 3 is 2.78 bits per heavy atom. The van der Waals surface area contributed by atoms with E-state index >= 15 is 0 Å². The molecule has 4 N–H and O–H groups in total. The van der Waals surface area contributed by atoms with E-state index in [2.05, 4.69) is 20.9 Å². The monoisotopic (exact) mass is 371 g/mol. The van der Waals surface area contributed by atoms with Crippen LogP contribution in [-0.4, -0.2) is 36.4 Å². The van der Waals surface area contributed by atoms with Gasteiger partial charge >= 0.3 is 0 Å². The molecule has 0 saturated carbocycles. The fourth-order valence-electron chi connectivity index (χ4n) is 3.24. The van der Waals surface area contributed by atoms with Crippen molar-refractivity contribution in [2.24, 2.45) is 0 Å². The third-order valence-corrected chi connectivity index (χ3v) is 4.59. The molecule has 0 unspecified atom stereocenters. The Morgan fingerprint density at radius 1 is 1.26 bits per heavy atom. The van der Waals surface area contributed by atoms with Gasteiger partial charge in [0.15, 0.2) is 0 Å². The number of H-pyrrole nitrogens is 1. The number of carbonyl (C=O) groups excluding carboxylic acids is 2. The molecule has 2 aromatic rings. The third-order valence-electron chi connectivity index (χ3n) is 4.59. The number of likely N-dealkylation sites (N-methyl/N-ethyl adjacent to an activating group) is 1. The number of hydrogen-bond acceptors (Lipinski definition) is 3. The van der Waals surface area contributed by atoms with Gasteiger partial charge in [0.05, 0.1) is 11.1 Å². The zero-order valence-electron chi connectivity index (χ0n) is 15.6. The second kappa shape index (κ2) is 7.75. The largest absolute Gasteiger partial charge is 0.358 e. The van der Waals surface area contributed by atoms with Gasteiger partial charge < -0.3 is 20.9 Å². The van der Waals surface area contributed by atoms with Crippen LogP contribution in [0.4, 0.5) is 10.1 Å². The first-order chi connectivity index (χ1) is 12.9. The number of anilines is 1. The van der Waals surface area contributed by atoms with Gasteiger partial charge in [-0.2, -0.15) is 0 Å². The minimum absolute atomic E-state index is 0.161. The van der Waals surface area contributed by atoms with Gasteiger partial charge in [-0.05, 0) is 50.2 Å². The standard InChI is InChI=1S/C20H23FN4O2/c1-4-22-7-8-23-20(27)18-11(2)17(24-12(18)3)10-15-14-9-13(21)5-6-16(14)25-19(15)26/h5-6,9-10,22,24H,4,7-8H2,1-3H3,(H,23,27)(H,25,26)/b15-10-/i10+1. The topological polar surface area (TPSA) is 86.0 Å². The van der Waals surface area contributed by atoms with E-state index in [1.54, 1.807) is 12.1 Å². The molecule has 1 aromatic carbocycles. The Labute approximate surface area is 157 Å². The molecular formula is C20H23FN4O2. The SMILES string of the molecule is CCNCCNC(=O)c1c(C)[nH]c(/[13CH]=C2\C(=O)Nc3ccc(F)cc32)c1C. The Morgan fingerprint density at radius 2 is 2.04 bits per heavy atom. The van der Waals surface area contributed by atoms with Gasteiger partial charge in [0, 0.05) is 35.7 Å². The summed E-state index contributed by atoms with van der Waals surface area (Å²) < 4.78 is 13.6. The lowest BCUT2D eigenvalue weighted by atomic mass is 10.1. The highest BCUT2D eigenvalue weighted by atomic mass is 19.1. The van der Waals surface area contributed by atoms with E-state index in [9.17, 15) is 14.0 Å². The van der Waals surface area contributed by atoms with Crippen molar-refractivity contribution in [3.63, 3.8) is 0 Å². The van der Waals surface area contributed by atoms with Crippen molar-refractivity contribution in [2.75, 3.05) is 25.0 Å². The molecule has 0 aliphatic carbocycles. The van der Waals surface area contributed by atoms with Gasteiger partial charge in [-0.25, -0.2) is 4.39 Å². The molecule has 2 heterocycles. The van der Waals surface area contributed by atoms with Crippen molar-refractivity contribution >= 4 is 29.2 Å². The number of carbonyl (C=O) groups is 2. The summed E-state index contributed by atoms with van der Waals surface area (Å²) in [6, 6.07) is 4.18. The van der Waals surface area contributed by atoms with Gasteiger partial charge in [0.1, 0.15) is 5.82 Å². The van der Waals surface area contributed by atoms with Crippen LogP contribution in [0.3, 0.4) is 0 Å². The zero-order valence-corrected chi connectivity index (χ0v) is 15.6. The molecule has 2 amide bonds. The van der Waals surface area contributed by atoms with Gasteiger partial charge in [-0.15, -0.1) is 0 Å². The number of rotatable bonds is 6. The van der Waals surface area contributed by atoms with Crippen molar-refractivity contribution in [3.8, 4) is 0 Å². The van der Waals surface area contributed by atoms with Gasteiger partial charge in [0.2, 0.25) is 0 Å². The van der Waals surface area contributed by atoms with Crippen molar-refractivity contribution in [3.05, 3.63) is 52.1 Å². The number of halogens is 1. The smallest absolute Gasteiger partial charge is 0.256 e. The fraction of sp³-hybridized carbons (Fsp3) is 0.300. The van der Waals surface area contributed by atoms with Crippen LogP contribution in [0.15, 0.2) is 18.2 Å². The minimum atomic E-state index is -0.406. The summed E-state index contributed by atoms with van der Waals surface area (Å²) in [5.41, 5.74) is 4.16. The molecule has 0 atom stereocenters. The third kappa shape index (κ3) is 3.78. The number of hydrogen-bond donors (Lipinski definition) is 4. The number of benzene rings is 1. The maximum absolute atomic E-state index is 13.6. The molecule has 6 nitrogen and oxygen atoms in total. The molecule has 0 bridgehead atoms. The van der Waals surface area contributed by atoms with Crippen LogP contribution in [0.2, 0.25) is 0 Å². The van der Waals surface area contributed by atoms with Crippen LogP contribution in [0.1, 0.15) is 39.8 Å². The van der Waals surface area contributed by atoms with Gasteiger partial charge in [-0.3, -0.25) is 9.59 Å². The summed E-state index contributed by atoms with van der Waals surface area (Å²) >= 11 is 0. The van der Waals surface area contributed by atoms with Crippen molar-refractivity contribution in [1.82, 2.24) is 15.6 Å². The number of aromatic nitrogens is 1. The van der Waals surface area contributed by atoms with Crippen molar-refractivity contribution in [1.29, 1.82) is 0 Å².